The van der Waals surface area contributed by atoms with E-state index in [1.807, 2.05) is 49.4 Å². The first-order valence-electron chi connectivity index (χ1n) is 5.41. The minimum absolute atomic E-state index is 0.864. The van der Waals surface area contributed by atoms with E-state index in [4.69, 9.17) is 0 Å². The van der Waals surface area contributed by atoms with Gasteiger partial charge in [0.1, 0.15) is 0 Å². The van der Waals surface area contributed by atoms with Crippen molar-refractivity contribution in [1.82, 2.24) is 0 Å². The highest BCUT2D eigenvalue weighted by molar-refractivity contribution is 9.10. The molecule has 2 aromatic rings. The molecule has 0 aliphatic carbocycles. The van der Waals surface area contributed by atoms with Gasteiger partial charge in [0.05, 0.1) is 11.4 Å². The van der Waals surface area contributed by atoms with Gasteiger partial charge >= 0.3 is 0 Å². The van der Waals surface area contributed by atoms with Gasteiger partial charge in [0.15, 0.2) is 0 Å². The first-order valence-corrected chi connectivity index (χ1v) is 6.20. The van der Waals surface area contributed by atoms with Crippen molar-refractivity contribution in [2.24, 2.45) is 10.2 Å². The number of benzene rings is 2. The molecule has 86 valence electrons. The molecule has 2 aromatic carbocycles. The SMILES string of the molecule is Cc1ccc(N=Nc2ccccc2)c(C)c1Br. The van der Waals surface area contributed by atoms with Gasteiger partial charge in [-0.3, -0.25) is 0 Å². The summed E-state index contributed by atoms with van der Waals surface area (Å²) < 4.78 is 1.10. The number of halogens is 1. The Hall–Kier alpha value is -1.48. The standard InChI is InChI=1S/C14H13BrN2/c1-10-8-9-13(11(2)14(10)15)17-16-12-6-4-3-5-7-12/h3-9H,1-2H3. The highest BCUT2D eigenvalue weighted by atomic mass is 79.9. The molecule has 3 heteroatoms. The molecule has 0 bridgehead atoms. The summed E-state index contributed by atoms with van der Waals surface area (Å²) in [7, 11) is 0. The van der Waals surface area contributed by atoms with Gasteiger partial charge in [-0.25, -0.2) is 0 Å². The predicted molar refractivity (Wildman–Crippen MR) is 74.2 cm³/mol. The van der Waals surface area contributed by atoms with Gasteiger partial charge in [-0.2, -0.15) is 10.2 Å². The van der Waals surface area contributed by atoms with Crippen molar-refractivity contribution < 1.29 is 0 Å². The summed E-state index contributed by atoms with van der Waals surface area (Å²) in [6, 6.07) is 13.8. The van der Waals surface area contributed by atoms with Gasteiger partial charge in [-0.1, -0.05) is 40.2 Å². The molecular formula is C14H13BrN2. The Morgan fingerprint density at radius 1 is 0.882 bits per heavy atom. The van der Waals surface area contributed by atoms with Crippen molar-refractivity contribution in [2.45, 2.75) is 13.8 Å². The molecule has 2 rings (SSSR count). The molecule has 0 N–H and O–H groups in total. The van der Waals surface area contributed by atoms with E-state index in [0.29, 0.717) is 0 Å². The second kappa shape index (κ2) is 5.23. The molecule has 0 aromatic heterocycles. The Kier molecular flexibility index (Phi) is 3.69. The van der Waals surface area contributed by atoms with Crippen LogP contribution in [0.2, 0.25) is 0 Å². The summed E-state index contributed by atoms with van der Waals surface area (Å²) in [6.45, 7) is 4.10. The Morgan fingerprint density at radius 2 is 1.59 bits per heavy atom. The third kappa shape index (κ3) is 2.80. The largest absolute Gasteiger partial charge is 0.151 e. The smallest absolute Gasteiger partial charge is 0.0897 e. The molecule has 0 heterocycles. The van der Waals surface area contributed by atoms with Crippen LogP contribution in [0.3, 0.4) is 0 Å². The number of azo groups is 1. The van der Waals surface area contributed by atoms with Gasteiger partial charge in [0.2, 0.25) is 0 Å². The highest BCUT2D eigenvalue weighted by Crippen LogP contribution is 2.30. The van der Waals surface area contributed by atoms with Crippen molar-refractivity contribution in [3.63, 3.8) is 0 Å². The van der Waals surface area contributed by atoms with Crippen LogP contribution in [0.1, 0.15) is 11.1 Å². The summed E-state index contributed by atoms with van der Waals surface area (Å²) in [4.78, 5) is 0. The van der Waals surface area contributed by atoms with Crippen molar-refractivity contribution in [3.8, 4) is 0 Å². The molecule has 0 spiro atoms. The third-order valence-corrected chi connectivity index (χ3v) is 3.80. The molecular weight excluding hydrogens is 276 g/mol. The molecule has 0 fully saturated rings. The lowest BCUT2D eigenvalue weighted by atomic mass is 10.1. The van der Waals surface area contributed by atoms with Crippen LogP contribution < -0.4 is 0 Å². The quantitative estimate of drug-likeness (QED) is 0.654. The summed E-state index contributed by atoms with van der Waals surface area (Å²) >= 11 is 3.55. The molecule has 0 unspecified atom stereocenters. The Balaban J connectivity index is 2.31. The average molecular weight is 289 g/mol. The van der Waals surface area contributed by atoms with Gasteiger partial charge in [-0.05, 0) is 43.2 Å². The van der Waals surface area contributed by atoms with Crippen molar-refractivity contribution in [3.05, 3.63) is 58.1 Å². The number of hydrogen-bond donors (Lipinski definition) is 0. The molecule has 2 nitrogen and oxygen atoms in total. The average Bonchev–Trinajstić information content (AvgIpc) is 2.36. The third-order valence-electron chi connectivity index (χ3n) is 2.58. The molecule has 0 aliphatic rings. The summed E-state index contributed by atoms with van der Waals surface area (Å²) in [5.74, 6) is 0. The van der Waals surface area contributed by atoms with Crippen LogP contribution in [-0.4, -0.2) is 0 Å². The van der Waals surface area contributed by atoms with E-state index in [1.54, 1.807) is 0 Å². The molecule has 0 amide bonds. The van der Waals surface area contributed by atoms with E-state index >= 15 is 0 Å². The lowest BCUT2D eigenvalue weighted by Crippen LogP contribution is -1.81. The zero-order valence-electron chi connectivity index (χ0n) is 9.81. The fourth-order valence-electron chi connectivity index (χ4n) is 1.52. The second-order valence-electron chi connectivity index (χ2n) is 3.88. The lowest BCUT2D eigenvalue weighted by Gasteiger charge is -2.04. The normalized spacial score (nSPS) is 11.0. The number of hydrogen-bond acceptors (Lipinski definition) is 2. The van der Waals surface area contributed by atoms with Gasteiger partial charge < -0.3 is 0 Å². The van der Waals surface area contributed by atoms with Crippen molar-refractivity contribution >= 4 is 27.3 Å². The lowest BCUT2D eigenvalue weighted by molar-refractivity contribution is 1.19. The Morgan fingerprint density at radius 3 is 2.29 bits per heavy atom. The zero-order valence-corrected chi connectivity index (χ0v) is 11.4. The molecule has 0 saturated carbocycles. The van der Waals surface area contributed by atoms with E-state index in [2.05, 4.69) is 33.1 Å². The maximum atomic E-state index is 4.27. The minimum atomic E-state index is 0.864. The maximum absolute atomic E-state index is 4.27. The Bertz CT molecular complexity index is 548. The fourth-order valence-corrected chi connectivity index (χ4v) is 1.86. The molecule has 0 radical (unpaired) electrons. The maximum Gasteiger partial charge on any atom is 0.0897 e. The van der Waals surface area contributed by atoms with E-state index in [9.17, 15) is 0 Å². The van der Waals surface area contributed by atoms with Gasteiger partial charge in [-0.15, -0.1) is 0 Å². The number of aryl methyl sites for hydroxylation is 1. The molecule has 0 saturated heterocycles. The van der Waals surface area contributed by atoms with Gasteiger partial charge in [0, 0.05) is 4.47 Å². The van der Waals surface area contributed by atoms with Crippen molar-refractivity contribution in [2.75, 3.05) is 0 Å². The first kappa shape index (κ1) is 12.0. The van der Waals surface area contributed by atoms with Crippen LogP contribution in [0.15, 0.2) is 57.2 Å². The molecule has 0 atom stereocenters. The van der Waals surface area contributed by atoms with Crippen LogP contribution in [0.5, 0.6) is 0 Å². The molecule has 17 heavy (non-hydrogen) atoms. The van der Waals surface area contributed by atoms with E-state index in [1.165, 1.54) is 5.56 Å². The topological polar surface area (TPSA) is 24.7 Å². The Labute approximate surface area is 110 Å². The fraction of sp³-hybridized carbons (Fsp3) is 0.143. The van der Waals surface area contributed by atoms with E-state index < -0.39 is 0 Å². The minimum Gasteiger partial charge on any atom is -0.151 e. The van der Waals surface area contributed by atoms with Crippen LogP contribution in [-0.2, 0) is 0 Å². The number of nitrogens with zero attached hydrogens (tertiary/aromatic N) is 2. The van der Waals surface area contributed by atoms with Crippen LogP contribution >= 0.6 is 15.9 Å². The second-order valence-corrected chi connectivity index (χ2v) is 4.67. The monoisotopic (exact) mass is 288 g/mol. The summed E-state index contributed by atoms with van der Waals surface area (Å²) in [5.41, 5.74) is 4.08. The van der Waals surface area contributed by atoms with Crippen LogP contribution in [0.4, 0.5) is 11.4 Å². The summed E-state index contributed by atoms with van der Waals surface area (Å²) in [6.07, 6.45) is 0. The van der Waals surface area contributed by atoms with Crippen LogP contribution in [0.25, 0.3) is 0 Å². The van der Waals surface area contributed by atoms with Crippen molar-refractivity contribution in [1.29, 1.82) is 0 Å². The van der Waals surface area contributed by atoms with E-state index in [0.717, 1.165) is 21.4 Å². The highest BCUT2D eigenvalue weighted by Gasteiger charge is 2.03. The summed E-state index contributed by atoms with van der Waals surface area (Å²) in [5, 5.41) is 8.49. The number of rotatable bonds is 2. The molecule has 0 aliphatic heterocycles. The van der Waals surface area contributed by atoms with Crippen LogP contribution in [0, 0.1) is 13.8 Å². The van der Waals surface area contributed by atoms with Gasteiger partial charge in [0.25, 0.3) is 0 Å². The van der Waals surface area contributed by atoms with E-state index in [-0.39, 0.29) is 0 Å². The predicted octanol–water partition coefficient (Wildman–Crippen LogP) is 5.48. The first-order chi connectivity index (χ1) is 8.18. The zero-order chi connectivity index (χ0) is 12.3.